The Morgan fingerprint density at radius 3 is 2.62 bits per heavy atom. The molecule has 0 spiro atoms. The fourth-order valence-electron chi connectivity index (χ4n) is 4.36. The van der Waals surface area contributed by atoms with Crippen LogP contribution in [0.5, 0.6) is 5.75 Å². The highest BCUT2D eigenvalue weighted by Gasteiger charge is 2.55. The number of benzene rings is 1. The molecule has 15 heteroatoms. The van der Waals surface area contributed by atoms with E-state index in [4.69, 9.17) is 21.1 Å². The normalized spacial score (nSPS) is 17.6. The zero-order valence-electron chi connectivity index (χ0n) is 21.9. The number of ether oxygens (including phenoxy) is 2. The predicted molar refractivity (Wildman–Crippen MR) is 153 cm³/mol. The second-order valence-corrected chi connectivity index (χ2v) is 11.7. The molecule has 2 N–H and O–H groups in total. The fraction of sp³-hybridized carbons (Fsp3) is 0.222. The van der Waals surface area contributed by atoms with Crippen LogP contribution in [0.4, 0.5) is 5.13 Å². The molecule has 0 bridgehead atoms. The predicted octanol–water partition coefficient (Wildman–Crippen LogP) is 1.94. The Labute approximate surface area is 252 Å². The number of aromatic nitrogens is 2. The van der Waals surface area contributed by atoms with Gasteiger partial charge in [-0.1, -0.05) is 41.1 Å². The van der Waals surface area contributed by atoms with E-state index in [0.717, 1.165) is 16.9 Å². The van der Waals surface area contributed by atoms with Crippen molar-refractivity contribution < 1.29 is 38.0 Å². The molecule has 2 aliphatic rings. The van der Waals surface area contributed by atoms with Crippen molar-refractivity contribution in [1.29, 1.82) is 0 Å². The third-order valence-electron chi connectivity index (χ3n) is 6.40. The first kappa shape index (κ1) is 29.2. The molecule has 5 rings (SSSR count). The molecular weight excluding hydrogens is 606 g/mol. The maximum absolute atomic E-state index is 13.4. The summed E-state index contributed by atoms with van der Waals surface area (Å²) in [7, 11) is 1.55. The number of nitrogens with zero attached hydrogens (tertiary/aromatic N) is 3. The third kappa shape index (κ3) is 6.00. The Bertz CT molecular complexity index is 1580. The number of pyridine rings is 1. The number of nitrogens with one attached hydrogen (secondary N) is 2. The van der Waals surface area contributed by atoms with E-state index in [1.807, 2.05) is 35.2 Å². The summed E-state index contributed by atoms with van der Waals surface area (Å²) in [6, 6.07) is 11.5. The number of rotatable bonds is 11. The van der Waals surface area contributed by atoms with Gasteiger partial charge in [0.15, 0.2) is 24.1 Å². The number of hydrogen-bond acceptors (Lipinski definition) is 10. The first-order valence-electron chi connectivity index (χ1n) is 12.4. The largest absolute Gasteiger partial charge is 0.497 e. The molecule has 1 aromatic carbocycles. The summed E-state index contributed by atoms with van der Waals surface area (Å²) in [5.74, 6) is -2.35. The van der Waals surface area contributed by atoms with Gasteiger partial charge >= 0.3 is 5.97 Å². The number of esters is 1. The number of fused-ring (bicyclic) bond motifs is 1. The molecule has 216 valence electrons. The van der Waals surface area contributed by atoms with Crippen LogP contribution in [0.15, 0.2) is 66.1 Å². The van der Waals surface area contributed by atoms with Crippen LogP contribution in [0.2, 0.25) is 4.34 Å². The van der Waals surface area contributed by atoms with Crippen molar-refractivity contribution in [3.05, 3.63) is 81.7 Å². The Morgan fingerprint density at radius 2 is 1.93 bits per heavy atom. The fourth-order valence-corrected chi connectivity index (χ4v) is 6.69. The number of carbonyl (C=O) groups is 5. The Balaban J connectivity index is 1.33. The van der Waals surface area contributed by atoms with Gasteiger partial charge in [-0.25, -0.2) is 14.3 Å². The van der Waals surface area contributed by atoms with Crippen LogP contribution in [0.1, 0.15) is 16.1 Å². The number of ketones is 1. The summed E-state index contributed by atoms with van der Waals surface area (Å²) >= 11 is 8.19. The van der Waals surface area contributed by atoms with E-state index in [-0.39, 0.29) is 27.5 Å². The maximum Gasteiger partial charge on any atom is 0.355 e. The number of hydrogen-bond donors (Lipinski definition) is 2. The van der Waals surface area contributed by atoms with Gasteiger partial charge in [-0.15, -0.1) is 11.8 Å². The SMILES string of the molecule is COc1ccc(COC(=O)C2=C(C[n+]3ccccc3)CS[C@H]3[C@H](NC(=O)C(=O)c4nc(NC=O)sc4Cl)C(=O)N23)cc1. The summed E-state index contributed by atoms with van der Waals surface area (Å²) < 4.78 is 12.6. The molecule has 0 radical (unpaired) electrons. The van der Waals surface area contributed by atoms with E-state index in [0.29, 0.717) is 30.0 Å². The highest BCUT2D eigenvalue weighted by Crippen LogP contribution is 2.41. The molecule has 0 saturated carbocycles. The average Bonchev–Trinajstić information content (AvgIpc) is 3.38. The molecule has 42 heavy (non-hydrogen) atoms. The highest BCUT2D eigenvalue weighted by atomic mass is 35.5. The van der Waals surface area contributed by atoms with Crippen LogP contribution in [0, 0.1) is 0 Å². The van der Waals surface area contributed by atoms with Crippen LogP contribution in [0.25, 0.3) is 0 Å². The quantitative estimate of drug-likeness (QED) is 0.0812. The van der Waals surface area contributed by atoms with E-state index in [9.17, 15) is 24.0 Å². The molecule has 3 aromatic rings. The lowest BCUT2D eigenvalue weighted by atomic mass is 10.0. The first-order chi connectivity index (χ1) is 20.3. The van der Waals surface area contributed by atoms with Crippen molar-refractivity contribution in [2.75, 3.05) is 18.2 Å². The van der Waals surface area contributed by atoms with Crippen molar-refractivity contribution in [2.24, 2.45) is 0 Å². The molecule has 2 aromatic heterocycles. The van der Waals surface area contributed by atoms with Gasteiger partial charge in [0.05, 0.1) is 7.11 Å². The number of halogens is 1. The molecule has 0 aliphatic carbocycles. The zero-order chi connectivity index (χ0) is 29.8. The topological polar surface area (TPSA) is 148 Å². The Hall–Kier alpha value is -4.27. The van der Waals surface area contributed by atoms with E-state index in [1.165, 1.54) is 16.7 Å². The number of Topliss-reactive ketones (excluding diaryl/α,β-unsaturated/α-hetero) is 1. The molecule has 12 nitrogen and oxygen atoms in total. The van der Waals surface area contributed by atoms with E-state index >= 15 is 0 Å². The standard InChI is InChI=1S/C27H22ClN5O7S2/c1-39-17-7-5-15(6-8-17)12-40-26(38)20-16(11-32-9-3-2-4-10-32)13-41-25-19(24(37)33(20)25)30-23(36)21(35)18-22(28)42-27(31-18)29-14-34/h2-10,14,19,25H,11-13H2,1H3,(H-,29,30,31,34,36)/p+1/t19-,25+/m1/s1. The molecular formula is C27H23ClN5O7S2+. The smallest absolute Gasteiger partial charge is 0.355 e. The van der Waals surface area contributed by atoms with Crippen LogP contribution in [-0.2, 0) is 37.1 Å². The summed E-state index contributed by atoms with van der Waals surface area (Å²) in [5, 5.41) is 4.13. The lowest BCUT2D eigenvalue weighted by Crippen LogP contribution is -2.71. The Morgan fingerprint density at radius 1 is 1.19 bits per heavy atom. The molecule has 0 unspecified atom stereocenters. The van der Waals surface area contributed by atoms with Gasteiger partial charge in [-0.2, -0.15) is 0 Å². The molecule has 1 fully saturated rings. The van der Waals surface area contributed by atoms with Crippen molar-refractivity contribution in [1.82, 2.24) is 15.2 Å². The first-order valence-corrected chi connectivity index (χ1v) is 14.7. The number of anilines is 1. The van der Waals surface area contributed by atoms with Crippen LogP contribution >= 0.6 is 34.7 Å². The van der Waals surface area contributed by atoms with Gasteiger partial charge in [0.2, 0.25) is 6.41 Å². The number of thiazole rings is 1. The minimum atomic E-state index is -1.09. The molecule has 2 atom stereocenters. The van der Waals surface area contributed by atoms with Gasteiger partial charge in [0.1, 0.15) is 39.5 Å². The summed E-state index contributed by atoms with van der Waals surface area (Å²) in [5.41, 5.74) is 1.17. The molecule has 2 aliphatic heterocycles. The van der Waals surface area contributed by atoms with E-state index in [1.54, 1.807) is 31.4 Å². The number of methoxy groups -OCH3 is 1. The number of β-lactam (4-membered cyclic amide) rings is 1. The van der Waals surface area contributed by atoms with Crippen molar-refractivity contribution in [3.63, 3.8) is 0 Å². The van der Waals surface area contributed by atoms with Crippen LogP contribution in [0.3, 0.4) is 0 Å². The van der Waals surface area contributed by atoms with Crippen molar-refractivity contribution >= 4 is 69.8 Å². The van der Waals surface area contributed by atoms with Gasteiger partial charge in [-0.05, 0) is 17.7 Å². The van der Waals surface area contributed by atoms with E-state index < -0.39 is 35.0 Å². The second-order valence-electron chi connectivity index (χ2n) is 9.02. The number of amides is 3. The molecule has 4 heterocycles. The lowest BCUT2D eigenvalue weighted by molar-refractivity contribution is -0.689. The van der Waals surface area contributed by atoms with Crippen molar-refractivity contribution in [3.8, 4) is 5.75 Å². The summed E-state index contributed by atoms with van der Waals surface area (Å²) in [4.78, 5) is 68.1. The summed E-state index contributed by atoms with van der Waals surface area (Å²) in [6.45, 7) is 0.314. The minimum Gasteiger partial charge on any atom is -0.497 e. The van der Waals surface area contributed by atoms with Gasteiger partial charge in [0.25, 0.3) is 17.6 Å². The van der Waals surface area contributed by atoms with Crippen LogP contribution < -0.4 is 19.9 Å². The van der Waals surface area contributed by atoms with Crippen LogP contribution in [-0.4, -0.2) is 64.1 Å². The lowest BCUT2D eigenvalue weighted by Gasteiger charge is -2.49. The number of thioether (sulfide) groups is 1. The Kier molecular flexibility index (Phi) is 8.85. The minimum absolute atomic E-state index is 0.0258. The third-order valence-corrected chi connectivity index (χ3v) is 8.92. The second kappa shape index (κ2) is 12.7. The van der Waals surface area contributed by atoms with E-state index in [2.05, 4.69) is 15.6 Å². The monoisotopic (exact) mass is 628 g/mol. The molecule has 1 saturated heterocycles. The van der Waals surface area contributed by atoms with Gasteiger partial charge < -0.3 is 20.1 Å². The highest BCUT2D eigenvalue weighted by molar-refractivity contribution is 8.00. The average molecular weight is 629 g/mol. The summed E-state index contributed by atoms with van der Waals surface area (Å²) in [6.07, 6.45) is 4.05. The zero-order valence-corrected chi connectivity index (χ0v) is 24.3. The maximum atomic E-state index is 13.4. The van der Waals surface area contributed by atoms with Gasteiger partial charge in [0, 0.05) is 23.5 Å². The van der Waals surface area contributed by atoms with Crippen molar-refractivity contribution in [2.45, 2.75) is 24.6 Å². The van der Waals surface area contributed by atoms with Gasteiger partial charge in [-0.3, -0.25) is 24.1 Å². The molecule has 3 amide bonds. The number of carbonyl (C=O) groups excluding carboxylic acids is 5.